The van der Waals surface area contributed by atoms with Crippen LogP contribution in [0.2, 0.25) is 0 Å². The minimum atomic E-state index is 0.0130. The minimum Gasteiger partial charge on any atom is -0.497 e. The summed E-state index contributed by atoms with van der Waals surface area (Å²) >= 11 is 0. The van der Waals surface area contributed by atoms with Gasteiger partial charge in [-0.05, 0) is 37.3 Å². The largest absolute Gasteiger partial charge is 0.497 e. The average molecular weight is 499 g/mol. The molecule has 0 saturated carbocycles. The van der Waals surface area contributed by atoms with E-state index in [0.717, 1.165) is 28.4 Å². The van der Waals surface area contributed by atoms with E-state index in [0.29, 0.717) is 44.4 Å². The van der Waals surface area contributed by atoms with Crippen LogP contribution in [0.3, 0.4) is 0 Å². The van der Waals surface area contributed by atoms with Crippen molar-refractivity contribution in [3.63, 3.8) is 0 Å². The van der Waals surface area contributed by atoms with Crippen molar-refractivity contribution in [2.45, 2.75) is 13.5 Å². The van der Waals surface area contributed by atoms with Gasteiger partial charge in [0.1, 0.15) is 23.9 Å². The third-order valence-corrected chi connectivity index (χ3v) is 6.32. The second-order valence-electron chi connectivity index (χ2n) is 8.66. The molecular formula is C28H30N6O3. The molecule has 5 rings (SSSR count). The molecule has 0 radical (unpaired) electrons. The molecule has 1 saturated heterocycles. The van der Waals surface area contributed by atoms with E-state index in [1.165, 1.54) is 0 Å². The first-order valence-corrected chi connectivity index (χ1v) is 12.4. The molecule has 0 N–H and O–H groups in total. The molecule has 190 valence electrons. The molecule has 37 heavy (non-hydrogen) atoms. The lowest BCUT2D eigenvalue weighted by molar-refractivity contribution is -0.132. The molecule has 3 heterocycles. The van der Waals surface area contributed by atoms with Crippen molar-refractivity contribution in [1.29, 1.82) is 0 Å². The number of carbonyl (C=O) groups excluding carboxylic acids is 1. The van der Waals surface area contributed by atoms with Crippen molar-refractivity contribution < 1.29 is 14.3 Å². The van der Waals surface area contributed by atoms with Crippen LogP contribution in [-0.2, 0) is 11.3 Å². The quantitative estimate of drug-likeness (QED) is 0.366. The number of aromatic nitrogens is 4. The van der Waals surface area contributed by atoms with Gasteiger partial charge in [0.05, 0.1) is 13.7 Å². The Labute approximate surface area is 216 Å². The lowest BCUT2D eigenvalue weighted by Gasteiger charge is -2.35. The van der Waals surface area contributed by atoms with Crippen molar-refractivity contribution in [3.8, 4) is 34.3 Å². The summed E-state index contributed by atoms with van der Waals surface area (Å²) in [5.41, 5.74) is 1.77. The Kier molecular flexibility index (Phi) is 7.30. The number of nitrogens with zero attached hydrogens (tertiary/aromatic N) is 6. The van der Waals surface area contributed by atoms with E-state index >= 15 is 0 Å². The molecule has 2 aromatic heterocycles. The summed E-state index contributed by atoms with van der Waals surface area (Å²) in [6.07, 6.45) is 1.76. The summed E-state index contributed by atoms with van der Waals surface area (Å²) in [5, 5.41) is 4.72. The summed E-state index contributed by atoms with van der Waals surface area (Å²) in [4.78, 5) is 26.7. The van der Waals surface area contributed by atoms with Gasteiger partial charge in [-0.15, -0.1) is 5.10 Å². The number of anilines is 1. The monoisotopic (exact) mass is 498 g/mol. The Morgan fingerprint density at radius 3 is 2.38 bits per heavy atom. The predicted molar refractivity (Wildman–Crippen MR) is 142 cm³/mol. The van der Waals surface area contributed by atoms with E-state index in [1.54, 1.807) is 18.0 Å². The molecule has 4 aromatic rings. The van der Waals surface area contributed by atoms with Crippen molar-refractivity contribution in [1.82, 2.24) is 24.6 Å². The van der Waals surface area contributed by atoms with Gasteiger partial charge in [0.25, 0.3) is 0 Å². The summed E-state index contributed by atoms with van der Waals surface area (Å²) in [5.74, 6) is 3.68. The molecule has 0 bridgehead atoms. The Morgan fingerprint density at radius 2 is 1.68 bits per heavy atom. The standard InChI is InChI=1S/C28H30N6O3/c1-3-37-24-13-14-29-25(19-24)32-15-17-33(18-16-32)26(35)20-34-28(22-7-5-4-6-8-22)30-27(31-34)21-9-11-23(36-2)12-10-21/h4-14,19H,3,15-18,20H2,1-2H3. The smallest absolute Gasteiger partial charge is 0.244 e. The van der Waals surface area contributed by atoms with E-state index in [-0.39, 0.29) is 12.5 Å². The molecule has 1 aliphatic rings. The number of benzene rings is 2. The second-order valence-corrected chi connectivity index (χ2v) is 8.66. The molecule has 0 aliphatic carbocycles. The van der Waals surface area contributed by atoms with Gasteiger partial charge in [-0.1, -0.05) is 30.3 Å². The van der Waals surface area contributed by atoms with Crippen LogP contribution in [0.5, 0.6) is 11.5 Å². The normalized spacial score (nSPS) is 13.5. The van der Waals surface area contributed by atoms with E-state index in [1.807, 2.05) is 78.6 Å². The zero-order chi connectivity index (χ0) is 25.6. The number of ether oxygens (including phenoxy) is 2. The van der Waals surface area contributed by atoms with Crippen LogP contribution in [0.15, 0.2) is 72.9 Å². The average Bonchev–Trinajstić information content (AvgIpc) is 3.37. The molecule has 2 aromatic carbocycles. The number of pyridine rings is 1. The fourth-order valence-electron chi connectivity index (χ4n) is 4.36. The second kappa shape index (κ2) is 11.1. The first-order valence-electron chi connectivity index (χ1n) is 12.4. The van der Waals surface area contributed by atoms with Gasteiger partial charge in [-0.25, -0.2) is 14.6 Å². The predicted octanol–water partition coefficient (Wildman–Crippen LogP) is 3.76. The number of carbonyl (C=O) groups is 1. The van der Waals surface area contributed by atoms with Crippen molar-refractivity contribution >= 4 is 11.7 Å². The van der Waals surface area contributed by atoms with Gasteiger partial charge in [-0.3, -0.25) is 4.79 Å². The van der Waals surface area contributed by atoms with Crippen molar-refractivity contribution in [2.24, 2.45) is 0 Å². The molecule has 1 aliphatic heterocycles. The van der Waals surface area contributed by atoms with Crippen LogP contribution >= 0.6 is 0 Å². The first-order chi connectivity index (χ1) is 18.1. The SMILES string of the molecule is CCOc1ccnc(N2CCN(C(=O)Cn3nc(-c4ccc(OC)cc4)nc3-c3ccccc3)CC2)c1. The van der Waals surface area contributed by atoms with Gasteiger partial charge >= 0.3 is 0 Å². The molecule has 1 fully saturated rings. The lowest BCUT2D eigenvalue weighted by atomic mass is 10.2. The van der Waals surface area contributed by atoms with Crippen LogP contribution in [0.4, 0.5) is 5.82 Å². The molecule has 9 heteroatoms. The highest BCUT2D eigenvalue weighted by Crippen LogP contribution is 2.25. The van der Waals surface area contributed by atoms with Crippen molar-refractivity contribution in [2.75, 3.05) is 44.8 Å². The van der Waals surface area contributed by atoms with Crippen molar-refractivity contribution in [3.05, 3.63) is 72.9 Å². The van der Waals surface area contributed by atoms with Crippen LogP contribution in [0.25, 0.3) is 22.8 Å². The number of rotatable bonds is 8. The minimum absolute atomic E-state index is 0.0130. The molecule has 9 nitrogen and oxygen atoms in total. The summed E-state index contributed by atoms with van der Waals surface area (Å²) < 4.78 is 12.6. The highest BCUT2D eigenvalue weighted by atomic mass is 16.5. The molecular weight excluding hydrogens is 468 g/mol. The molecule has 0 spiro atoms. The lowest BCUT2D eigenvalue weighted by Crippen LogP contribution is -2.50. The fourth-order valence-corrected chi connectivity index (χ4v) is 4.36. The third kappa shape index (κ3) is 5.55. The van der Waals surface area contributed by atoms with E-state index in [2.05, 4.69) is 9.88 Å². The van der Waals surface area contributed by atoms with Gasteiger partial charge in [0, 0.05) is 49.6 Å². The Hall–Kier alpha value is -4.40. The highest BCUT2D eigenvalue weighted by Gasteiger charge is 2.24. The third-order valence-electron chi connectivity index (χ3n) is 6.32. The molecule has 0 unspecified atom stereocenters. The van der Waals surface area contributed by atoms with Crippen LogP contribution in [0.1, 0.15) is 6.92 Å². The van der Waals surface area contributed by atoms with Gasteiger partial charge < -0.3 is 19.3 Å². The maximum atomic E-state index is 13.3. The molecule has 1 amide bonds. The van der Waals surface area contributed by atoms with E-state index in [4.69, 9.17) is 19.6 Å². The number of methoxy groups -OCH3 is 1. The first kappa shape index (κ1) is 24.3. The number of hydrogen-bond donors (Lipinski definition) is 0. The zero-order valence-electron chi connectivity index (χ0n) is 21.1. The van der Waals surface area contributed by atoms with Crippen LogP contribution in [-0.4, -0.2) is 70.5 Å². The summed E-state index contributed by atoms with van der Waals surface area (Å²) in [7, 11) is 1.63. The summed E-state index contributed by atoms with van der Waals surface area (Å²) in [6.45, 7) is 5.32. The molecule has 0 atom stereocenters. The van der Waals surface area contributed by atoms with Crippen LogP contribution in [0, 0.1) is 0 Å². The van der Waals surface area contributed by atoms with Gasteiger partial charge in [-0.2, -0.15) is 0 Å². The fraction of sp³-hybridized carbons (Fsp3) is 0.286. The highest BCUT2D eigenvalue weighted by molar-refractivity contribution is 5.77. The van der Waals surface area contributed by atoms with Gasteiger partial charge in [0.15, 0.2) is 11.6 Å². The van der Waals surface area contributed by atoms with E-state index in [9.17, 15) is 4.79 Å². The van der Waals surface area contributed by atoms with Crippen LogP contribution < -0.4 is 14.4 Å². The summed E-state index contributed by atoms with van der Waals surface area (Å²) in [6, 6.07) is 21.2. The maximum absolute atomic E-state index is 13.3. The van der Waals surface area contributed by atoms with E-state index < -0.39 is 0 Å². The Balaban J connectivity index is 1.31. The number of hydrogen-bond acceptors (Lipinski definition) is 7. The van der Waals surface area contributed by atoms with Gasteiger partial charge in [0.2, 0.25) is 5.91 Å². The topological polar surface area (TPSA) is 85.6 Å². The Morgan fingerprint density at radius 1 is 0.919 bits per heavy atom. The Bertz CT molecular complexity index is 1330. The number of piperazine rings is 1. The number of amides is 1. The zero-order valence-corrected chi connectivity index (χ0v) is 21.1. The maximum Gasteiger partial charge on any atom is 0.244 e.